The number of nitrogens with zero attached hydrogens (tertiary/aromatic N) is 1. The van der Waals surface area contributed by atoms with Crippen LogP contribution >= 0.6 is 0 Å². The number of benzene rings is 1. The van der Waals surface area contributed by atoms with Gasteiger partial charge in [0.15, 0.2) is 0 Å². The highest BCUT2D eigenvalue weighted by Crippen LogP contribution is 2.38. The molecule has 1 aromatic rings. The molecule has 0 aromatic heterocycles. The van der Waals surface area contributed by atoms with Crippen molar-refractivity contribution in [3.05, 3.63) is 35.6 Å². The number of halogens is 1. The molecule has 2 aliphatic heterocycles. The summed E-state index contributed by atoms with van der Waals surface area (Å²) in [6, 6.07) is 9.34. The summed E-state index contributed by atoms with van der Waals surface area (Å²) in [5.41, 5.74) is 1.31. The van der Waals surface area contributed by atoms with Crippen molar-refractivity contribution in [1.82, 2.24) is 10.2 Å². The topological polar surface area (TPSA) is 15.3 Å². The molecule has 21 heavy (non-hydrogen) atoms. The van der Waals surface area contributed by atoms with Gasteiger partial charge in [0.05, 0.1) is 0 Å². The van der Waals surface area contributed by atoms with Crippen LogP contribution in [0.3, 0.4) is 0 Å². The van der Waals surface area contributed by atoms with Crippen molar-refractivity contribution in [2.45, 2.75) is 62.6 Å². The van der Waals surface area contributed by atoms with Gasteiger partial charge in [-0.2, -0.15) is 0 Å². The number of fused-ring (bicyclic) bond motifs is 1. The van der Waals surface area contributed by atoms with Crippen LogP contribution in [0.25, 0.3) is 0 Å². The standard InChI is InChI=1S/C18H25FN2/c19-15-5-3-13(4-6-15)14-10-17(11-14)20-16-7-9-21-8-1-2-18(21)12-16/h3-6,14,16-18,20H,1-2,7-12H2. The predicted molar refractivity (Wildman–Crippen MR) is 82.9 cm³/mol. The van der Waals surface area contributed by atoms with Crippen molar-refractivity contribution < 1.29 is 4.39 Å². The van der Waals surface area contributed by atoms with Gasteiger partial charge in [-0.05, 0) is 75.2 Å². The van der Waals surface area contributed by atoms with Gasteiger partial charge in [0.25, 0.3) is 0 Å². The second kappa shape index (κ2) is 5.69. The van der Waals surface area contributed by atoms with E-state index in [9.17, 15) is 4.39 Å². The van der Waals surface area contributed by atoms with E-state index in [4.69, 9.17) is 0 Å². The molecule has 0 amide bonds. The minimum Gasteiger partial charge on any atom is -0.311 e. The van der Waals surface area contributed by atoms with Crippen LogP contribution < -0.4 is 5.32 Å². The van der Waals surface area contributed by atoms with E-state index in [1.807, 2.05) is 12.1 Å². The Kier molecular flexibility index (Phi) is 3.72. The molecule has 4 rings (SSSR count). The first-order valence-electron chi connectivity index (χ1n) is 8.53. The van der Waals surface area contributed by atoms with E-state index in [0.717, 1.165) is 12.1 Å². The summed E-state index contributed by atoms with van der Waals surface area (Å²) < 4.78 is 12.9. The summed E-state index contributed by atoms with van der Waals surface area (Å²) in [6.07, 6.45) is 7.90. The SMILES string of the molecule is Fc1ccc(C2CC(NC3CCN4CCCC4C3)C2)cc1. The van der Waals surface area contributed by atoms with Crippen LogP contribution in [0.15, 0.2) is 24.3 Å². The van der Waals surface area contributed by atoms with Gasteiger partial charge >= 0.3 is 0 Å². The molecule has 2 unspecified atom stereocenters. The molecule has 2 nitrogen and oxygen atoms in total. The van der Waals surface area contributed by atoms with Crippen LogP contribution in [0.2, 0.25) is 0 Å². The predicted octanol–water partition coefficient (Wildman–Crippen LogP) is 3.29. The first kappa shape index (κ1) is 13.7. The maximum Gasteiger partial charge on any atom is 0.123 e. The third kappa shape index (κ3) is 2.86. The molecule has 3 aliphatic rings. The molecule has 1 N–H and O–H groups in total. The second-order valence-electron chi connectivity index (χ2n) is 7.14. The van der Waals surface area contributed by atoms with Gasteiger partial charge in [-0.25, -0.2) is 4.39 Å². The lowest BCUT2D eigenvalue weighted by atomic mass is 9.75. The van der Waals surface area contributed by atoms with Crippen molar-refractivity contribution in [3.8, 4) is 0 Å². The fourth-order valence-electron chi connectivity index (χ4n) is 4.47. The number of rotatable bonds is 3. The van der Waals surface area contributed by atoms with E-state index in [1.165, 1.54) is 57.2 Å². The smallest absolute Gasteiger partial charge is 0.123 e. The van der Waals surface area contributed by atoms with Gasteiger partial charge in [-0.3, -0.25) is 0 Å². The molecule has 3 heteroatoms. The monoisotopic (exact) mass is 288 g/mol. The molecule has 0 spiro atoms. The average molecular weight is 288 g/mol. The van der Waals surface area contributed by atoms with Crippen molar-refractivity contribution in [3.63, 3.8) is 0 Å². The highest BCUT2D eigenvalue weighted by Gasteiger charge is 2.35. The summed E-state index contributed by atoms with van der Waals surface area (Å²) >= 11 is 0. The molecule has 114 valence electrons. The van der Waals surface area contributed by atoms with Gasteiger partial charge in [0.1, 0.15) is 5.82 Å². The van der Waals surface area contributed by atoms with E-state index in [0.29, 0.717) is 12.0 Å². The Morgan fingerprint density at radius 3 is 2.57 bits per heavy atom. The molecule has 2 atom stereocenters. The lowest BCUT2D eigenvalue weighted by molar-refractivity contribution is 0.146. The van der Waals surface area contributed by atoms with Gasteiger partial charge in [0, 0.05) is 18.1 Å². The first-order chi connectivity index (χ1) is 10.3. The van der Waals surface area contributed by atoms with E-state index in [2.05, 4.69) is 10.2 Å². The third-order valence-electron chi connectivity index (χ3n) is 5.77. The Balaban J connectivity index is 1.26. The Bertz CT molecular complexity index is 480. The summed E-state index contributed by atoms with van der Waals surface area (Å²) in [5.74, 6) is 0.505. The highest BCUT2D eigenvalue weighted by atomic mass is 19.1. The molecule has 1 aliphatic carbocycles. The number of piperidine rings is 1. The molecule has 1 saturated carbocycles. The summed E-state index contributed by atoms with van der Waals surface area (Å²) in [4.78, 5) is 2.68. The highest BCUT2D eigenvalue weighted by molar-refractivity contribution is 5.23. The Hall–Kier alpha value is -0.930. The Morgan fingerprint density at radius 1 is 0.952 bits per heavy atom. The first-order valence-corrected chi connectivity index (χ1v) is 8.53. The van der Waals surface area contributed by atoms with Gasteiger partial charge in [0.2, 0.25) is 0 Å². The van der Waals surface area contributed by atoms with Crippen molar-refractivity contribution in [1.29, 1.82) is 0 Å². The number of hydrogen-bond donors (Lipinski definition) is 1. The van der Waals surface area contributed by atoms with E-state index in [-0.39, 0.29) is 5.82 Å². The lowest BCUT2D eigenvalue weighted by Crippen LogP contribution is -2.51. The molecular formula is C18H25FN2. The van der Waals surface area contributed by atoms with E-state index in [1.54, 1.807) is 12.1 Å². The molecular weight excluding hydrogens is 263 g/mol. The third-order valence-corrected chi connectivity index (χ3v) is 5.77. The van der Waals surface area contributed by atoms with Crippen LogP contribution in [-0.2, 0) is 0 Å². The Morgan fingerprint density at radius 2 is 1.76 bits per heavy atom. The molecule has 2 saturated heterocycles. The fourth-order valence-corrected chi connectivity index (χ4v) is 4.47. The van der Waals surface area contributed by atoms with Crippen LogP contribution in [0.4, 0.5) is 4.39 Å². The van der Waals surface area contributed by atoms with Crippen LogP contribution in [0, 0.1) is 5.82 Å². The van der Waals surface area contributed by atoms with Gasteiger partial charge in [-0.1, -0.05) is 12.1 Å². The van der Waals surface area contributed by atoms with Gasteiger partial charge < -0.3 is 10.2 Å². The minimum absolute atomic E-state index is 0.129. The maximum atomic E-state index is 12.9. The van der Waals surface area contributed by atoms with E-state index >= 15 is 0 Å². The summed E-state index contributed by atoms with van der Waals surface area (Å²) in [7, 11) is 0. The number of nitrogens with one attached hydrogen (secondary N) is 1. The zero-order chi connectivity index (χ0) is 14.2. The molecule has 0 bridgehead atoms. The summed E-state index contributed by atoms with van der Waals surface area (Å²) in [5, 5.41) is 3.88. The van der Waals surface area contributed by atoms with Crippen LogP contribution in [0.5, 0.6) is 0 Å². The summed E-state index contributed by atoms with van der Waals surface area (Å²) in [6.45, 7) is 2.61. The van der Waals surface area contributed by atoms with Crippen molar-refractivity contribution in [2.75, 3.05) is 13.1 Å². The normalized spacial score (nSPS) is 36.2. The minimum atomic E-state index is -0.129. The number of hydrogen-bond acceptors (Lipinski definition) is 2. The molecule has 2 heterocycles. The molecule has 1 aromatic carbocycles. The van der Waals surface area contributed by atoms with Crippen molar-refractivity contribution in [2.24, 2.45) is 0 Å². The average Bonchev–Trinajstić information content (AvgIpc) is 2.91. The van der Waals surface area contributed by atoms with Crippen LogP contribution in [-0.4, -0.2) is 36.1 Å². The van der Waals surface area contributed by atoms with Gasteiger partial charge in [-0.15, -0.1) is 0 Å². The van der Waals surface area contributed by atoms with E-state index < -0.39 is 0 Å². The zero-order valence-electron chi connectivity index (χ0n) is 12.6. The fraction of sp³-hybridized carbons (Fsp3) is 0.667. The van der Waals surface area contributed by atoms with Crippen LogP contribution in [0.1, 0.15) is 50.0 Å². The maximum absolute atomic E-state index is 12.9. The van der Waals surface area contributed by atoms with Crippen molar-refractivity contribution >= 4 is 0 Å². The second-order valence-corrected chi connectivity index (χ2v) is 7.14. The largest absolute Gasteiger partial charge is 0.311 e. The molecule has 3 fully saturated rings. The zero-order valence-corrected chi connectivity index (χ0v) is 12.6. The quantitative estimate of drug-likeness (QED) is 0.918. The lowest BCUT2D eigenvalue weighted by Gasteiger charge is -2.42. The Labute approximate surface area is 126 Å². The molecule has 0 radical (unpaired) electrons.